The fourth-order valence-corrected chi connectivity index (χ4v) is 2.11. The molecule has 0 rings (SSSR count). The SMILES string of the molecule is CCC(C#N)(CCCN(C)CC(F)(F)F)NC(C)C. The molecule has 0 aromatic heterocycles. The topological polar surface area (TPSA) is 39.1 Å². The van der Waals surface area contributed by atoms with Crippen molar-refractivity contribution >= 4 is 0 Å². The van der Waals surface area contributed by atoms with Gasteiger partial charge >= 0.3 is 6.18 Å². The fourth-order valence-electron chi connectivity index (χ4n) is 2.11. The van der Waals surface area contributed by atoms with Gasteiger partial charge in [-0.2, -0.15) is 18.4 Å². The summed E-state index contributed by atoms with van der Waals surface area (Å²) in [6.45, 7) is 5.26. The second-order valence-corrected chi connectivity index (χ2v) is 5.30. The molecule has 112 valence electrons. The number of nitrogens with one attached hydrogen (secondary N) is 1. The Balaban J connectivity index is 4.25. The molecule has 0 heterocycles. The minimum Gasteiger partial charge on any atom is -0.298 e. The monoisotopic (exact) mass is 279 g/mol. The summed E-state index contributed by atoms with van der Waals surface area (Å²) in [6, 6.07) is 2.44. The molecule has 0 aromatic carbocycles. The van der Waals surface area contributed by atoms with Crippen LogP contribution >= 0.6 is 0 Å². The Kier molecular flexibility index (Phi) is 7.38. The van der Waals surface area contributed by atoms with Gasteiger partial charge in [0.05, 0.1) is 12.6 Å². The Labute approximate surface area is 113 Å². The van der Waals surface area contributed by atoms with Gasteiger partial charge in [-0.15, -0.1) is 0 Å². The van der Waals surface area contributed by atoms with Crippen LogP contribution in [0.25, 0.3) is 0 Å². The highest BCUT2D eigenvalue weighted by Gasteiger charge is 2.30. The molecular weight excluding hydrogens is 255 g/mol. The largest absolute Gasteiger partial charge is 0.401 e. The van der Waals surface area contributed by atoms with E-state index in [1.165, 1.54) is 11.9 Å². The van der Waals surface area contributed by atoms with Gasteiger partial charge in [-0.3, -0.25) is 10.2 Å². The van der Waals surface area contributed by atoms with Gasteiger partial charge < -0.3 is 0 Å². The zero-order chi connectivity index (χ0) is 15.1. The smallest absolute Gasteiger partial charge is 0.298 e. The van der Waals surface area contributed by atoms with Gasteiger partial charge in [-0.1, -0.05) is 6.92 Å². The van der Waals surface area contributed by atoms with E-state index in [2.05, 4.69) is 11.4 Å². The van der Waals surface area contributed by atoms with Crippen molar-refractivity contribution in [3.63, 3.8) is 0 Å². The van der Waals surface area contributed by atoms with Crippen LogP contribution in [0.2, 0.25) is 0 Å². The lowest BCUT2D eigenvalue weighted by Gasteiger charge is -2.30. The summed E-state index contributed by atoms with van der Waals surface area (Å²) in [5.41, 5.74) is -0.632. The molecule has 1 unspecified atom stereocenters. The molecule has 0 radical (unpaired) electrons. The van der Waals surface area contributed by atoms with Crippen LogP contribution in [0.5, 0.6) is 0 Å². The van der Waals surface area contributed by atoms with Crippen LogP contribution in [0.3, 0.4) is 0 Å². The van der Waals surface area contributed by atoms with E-state index in [0.29, 0.717) is 25.8 Å². The number of hydrogen-bond acceptors (Lipinski definition) is 3. The normalized spacial score (nSPS) is 15.6. The fraction of sp³-hybridized carbons (Fsp3) is 0.923. The van der Waals surface area contributed by atoms with Crippen molar-refractivity contribution in [2.45, 2.75) is 57.8 Å². The molecule has 0 aliphatic rings. The number of rotatable bonds is 8. The van der Waals surface area contributed by atoms with Crippen molar-refractivity contribution in [1.82, 2.24) is 10.2 Å². The van der Waals surface area contributed by atoms with Gasteiger partial charge in [0.15, 0.2) is 0 Å². The van der Waals surface area contributed by atoms with Crippen LogP contribution in [0.1, 0.15) is 40.0 Å². The van der Waals surface area contributed by atoms with Crippen molar-refractivity contribution in [1.29, 1.82) is 5.26 Å². The van der Waals surface area contributed by atoms with E-state index in [1.807, 2.05) is 20.8 Å². The maximum absolute atomic E-state index is 12.2. The third-order valence-electron chi connectivity index (χ3n) is 2.98. The van der Waals surface area contributed by atoms with Crippen LogP contribution in [-0.2, 0) is 0 Å². The first kappa shape index (κ1) is 18.2. The van der Waals surface area contributed by atoms with Gasteiger partial charge in [0.2, 0.25) is 0 Å². The Morgan fingerprint density at radius 3 is 2.26 bits per heavy atom. The highest BCUT2D eigenvalue weighted by Crippen LogP contribution is 2.19. The number of hydrogen-bond donors (Lipinski definition) is 1. The minimum absolute atomic E-state index is 0.174. The van der Waals surface area contributed by atoms with Gasteiger partial charge in [0, 0.05) is 6.04 Å². The molecule has 1 N–H and O–H groups in total. The van der Waals surface area contributed by atoms with E-state index in [0.717, 1.165) is 0 Å². The first-order chi connectivity index (χ1) is 8.64. The predicted molar refractivity (Wildman–Crippen MR) is 69.7 cm³/mol. The summed E-state index contributed by atoms with van der Waals surface area (Å²) in [7, 11) is 1.45. The van der Waals surface area contributed by atoms with Crippen molar-refractivity contribution in [3.8, 4) is 6.07 Å². The van der Waals surface area contributed by atoms with Crippen LogP contribution in [0.15, 0.2) is 0 Å². The zero-order valence-electron chi connectivity index (χ0n) is 12.1. The summed E-state index contributed by atoms with van der Waals surface area (Å²) in [4.78, 5) is 1.24. The van der Waals surface area contributed by atoms with E-state index in [9.17, 15) is 18.4 Å². The molecule has 19 heavy (non-hydrogen) atoms. The highest BCUT2D eigenvalue weighted by atomic mass is 19.4. The van der Waals surface area contributed by atoms with E-state index >= 15 is 0 Å². The van der Waals surface area contributed by atoms with Gasteiger partial charge in [-0.25, -0.2) is 0 Å². The Hall–Kier alpha value is -0.800. The van der Waals surface area contributed by atoms with Crippen molar-refractivity contribution in [2.24, 2.45) is 0 Å². The molecule has 0 aliphatic carbocycles. The molecular formula is C13H24F3N3. The molecule has 0 aromatic rings. The predicted octanol–water partition coefficient (Wildman–Crippen LogP) is 2.93. The minimum atomic E-state index is -4.16. The lowest BCUT2D eigenvalue weighted by atomic mass is 9.91. The van der Waals surface area contributed by atoms with Crippen molar-refractivity contribution < 1.29 is 13.2 Å². The second kappa shape index (κ2) is 7.71. The van der Waals surface area contributed by atoms with Gasteiger partial charge in [0.1, 0.15) is 5.54 Å². The van der Waals surface area contributed by atoms with E-state index in [4.69, 9.17) is 0 Å². The number of alkyl halides is 3. The maximum atomic E-state index is 12.2. The standard InChI is InChI=1S/C13H24F3N3/c1-5-12(9-17,18-11(2)3)7-6-8-19(4)10-13(14,15)16/h11,18H,5-8,10H2,1-4H3. The molecule has 0 saturated heterocycles. The van der Waals surface area contributed by atoms with Crippen LogP contribution in [-0.4, -0.2) is 42.8 Å². The Morgan fingerprint density at radius 1 is 1.32 bits per heavy atom. The lowest BCUT2D eigenvalue weighted by molar-refractivity contribution is -0.143. The summed E-state index contributed by atoms with van der Waals surface area (Å²) in [5, 5.41) is 12.5. The van der Waals surface area contributed by atoms with Gasteiger partial charge in [-0.05, 0) is 46.7 Å². The van der Waals surface area contributed by atoms with Crippen molar-refractivity contribution in [2.75, 3.05) is 20.1 Å². The van der Waals surface area contributed by atoms with Crippen LogP contribution in [0, 0.1) is 11.3 Å². The van der Waals surface area contributed by atoms with E-state index < -0.39 is 18.3 Å². The van der Waals surface area contributed by atoms with Crippen LogP contribution < -0.4 is 5.32 Å². The average Bonchev–Trinajstić information content (AvgIpc) is 2.24. The molecule has 6 heteroatoms. The second-order valence-electron chi connectivity index (χ2n) is 5.30. The quantitative estimate of drug-likeness (QED) is 0.742. The third kappa shape index (κ3) is 8.06. The number of halogens is 3. The lowest BCUT2D eigenvalue weighted by Crippen LogP contribution is -2.47. The zero-order valence-corrected chi connectivity index (χ0v) is 12.1. The van der Waals surface area contributed by atoms with E-state index in [1.54, 1.807) is 0 Å². The third-order valence-corrected chi connectivity index (χ3v) is 2.98. The Bertz CT molecular complexity index is 296. The Morgan fingerprint density at radius 2 is 1.89 bits per heavy atom. The molecule has 1 atom stereocenters. The summed E-state index contributed by atoms with van der Waals surface area (Å²) in [5.74, 6) is 0. The first-order valence-corrected chi connectivity index (χ1v) is 6.58. The van der Waals surface area contributed by atoms with Crippen LogP contribution in [0.4, 0.5) is 13.2 Å². The molecule has 0 amide bonds. The maximum Gasteiger partial charge on any atom is 0.401 e. The molecule has 0 saturated carbocycles. The highest BCUT2D eigenvalue weighted by molar-refractivity contribution is 5.06. The first-order valence-electron chi connectivity index (χ1n) is 6.58. The summed E-state index contributed by atoms with van der Waals surface area (Å²) >= 11 is 0. The number of nitrogens with zero attached hydrogens (tertiary/aromatic N) is 2. The molecule has 3 nitrogen and oxygen atoms in total. The molecule has 0 spiro atoms. The molecule has 0 aliphatic heterocycles. The molecule has 0 fully saturated rings. The number of nitriles is 1. The van der Waals surface area contributed by atoms with Crippen molar-refractivity contribution in [3.05, 3.63) is 0 Å². The summed E-state index contributed by atoms with van der Waals surface area (Å²) in [6.07, 6.45) is -2.40. The van der Waals surface area contributed by atoms with E-state index in [-0.39, 0.29) is 6.04 Å². The molecule has 0 bridgehead atoms. The summed E-state index contributed by atoms with van der Waals surface area (Å²) < 4.78 is 36.5. The average molecular weight is 279 g/mol. The van der Waals surface area contributed by atoms with Gasteiger partial charge in [0.25, 0.3) is 0 Å².